The lowest BCUT2D eigenvalue weighted by atomic mass is 10.1. The Balaban J connectivity index is 1.73. The fourth-order valence-corrected chi connectivity index (χ4v) is 2.22. The van der Waals surface area contributed by atoms with Gasteiger partial charge in [0.2, 0.25) is 5.91 Å². The summed E-state index contributed by atoms with van der Waals surface area (Å²) in [4.78, 5) is 12.1. The number of carbonyl (C=O) groups excluding carboxylic acids is 1. The molecule has 0 spiro atoms. The SMILES string of the molecule is Cc1ccc(-c2nnnn2CC(=O)Nc2ccc(Cl)cc2)cc1. The zero-order valence-electron chi connectivity index (χ0n) is 12.4. The minimum Gasteiger partial charge on any atom is -0.324 e. The van der Waals surface area contributed by atoms with Crippen molar-refractivity contribution < 1.29 is 4.79 Å². The second-order valence-corrected chi connectivity index (χ2v) is 5.52. The smallest absolute Gasteiger partial charge is 0.246 e. The first-order valence-corrected chi connectivity index (χ1v) is 7.38. The molecule has 0 aliphatic carbocycles. The molecular weight excluding hydrogens is 314 g/mol. The molecule has 3 aromatic rings. The van der Waals surface area contributed by atoms with Gasteiger partial charge in [-0.05, 0) is 41.6 Å². The quantitative estimate of drug-likeness (QED) is 0.799. The molecule has 0 unspecified atom stereocenters. The van der Waals surface area contributed by atoms with Crippen molar-refractivity contribution in [1.29, 1.82) is 0 Å². The van der Waals surface area contributed by atoms with Gasteiger partial charge in [0.1, 0.15) is 6.54 Å². The van der Waals surface area contributed by atoms with Crippen molar-refractivity contribution in [3.8, 4) is 11.4 Å². The first kappa shape index (κ1) is 15.2. The predicted octanol–water partition coefficient (Wildman–Crippen LogP) is 2.94. The Kier molecular flexibility index (Phi) is 4.34. The summed E-state index contributed by atoms with van der Waals surface area (Å²) in [5.41, 5.74) is 2.68. The van der Waals surface area contributed by atoms with Crippen molar-refractivity contribution in [2.45, 2.75) is 13.5 Å². The minimum absolute atomic E-state index is 0.0266. The third kappa shape index (κ3) is 3.73. The van der Waals surface area contributed by atoms with E-state index < -0.39 is 0 Å². The Hall–Kier alpha value is -2.73. The van der Waals surface area contributed by atoms with Crippen LogP contribution in [0.2, 0.25) is 5.02 Å². The van der Waals surface area contributed by atoms with Gasteiger partial charge in [0.05, 0.1) is 0 Å². The van der Waals surface area contributed by atoms with Crippen LogP contribution in [-0.2, 0) is 11.3 Å². The molecule has 1 aromatic heterocycles. The monoisotopic (exact) mass is 327 g/mol. The molecule has 23 heavy (non-hydrogen) atoms. The summed E-state index contributed by atoms with van der Waals surface area (Å²) in [6.45, 7) is 2.03. The average Bonchev–Trinajstić information content (AvgIpc) is 2.98. The van der Waals surface area contributed by atoms with E-state index in [-0.39, 0.29) is 12.5 Å². The van der Waals surface area contributed by atoms with Gasteiger partial charge in [-0.15, -0.1) is 5.10 Å². The first-order valence-electron chi connectivity index (χ1n) is 7.00. The van der Waals surface area contributed by atoms with Crippen LogP contribution in [0, 0.1) is 6.92 Å². The van der Waals surface area contributed by atoms with Crippen molar-refractivity contribution in [2.24, 2.45) is 0 Å². The van der Waals surface area contributed by atoms with E-state index in [1.54, 1.807) is 24.3 Å². The molecule has 0 aliphatic rings. The van der Waals surface area contributed by atoms with Crippen LogP contribution in [-0.4, -0.2) is 26.1 Å². The maximum atomic E-state index is 12.1. The molecule has 0 radical (unpaired) electrons. The Morgan fingerprint density at radius 2 is 1.83 bits per heavy atom. The van der Waals surface area contributed by atoms with Crippen LogP contribution in [0.5, 0.6) is 0 Å². The van der Waals surface area contributed by atoms with Crippen molar-refractivity contribution in [2.75, 3.05) is 5.32 Å². The van der Waals surface area contributed by atoms with E-state index in [1.165, 1.54) is 4.68 Å². The number of rotatable bonds is 4. The van der Waals surface area contributed by atoms with Gasteiger partial charge in [-0.1, -0.05) is 41.4 Å². The summed E-state index contributed by atoms with van der Waals surface area (Å²) < 4.78 is 1.47. The molecular formula is C16H14ClN5O. The van der Waals surface area contributed by atoms with Crippen LogP contribution in [0.1, 0.15) is 5.56 Å². The average molecular weight is 328 g/mol. The topological polar surface area (TPSA) is 72.7 Å². The zero-order valence-corrected chi connectivity index (χ0v) is 13.2. The number of halogens is 1. The van der Waals surface area contributed by atoms with Crippen molar-refractivity contribution in [1.82, 2.24) is 20.2 Å². The lowest BCUT2D eigenvalue weighted by Gasteiger charge is -2.07. The van der Waals surface area contributed by atoms with Crippen LogP contribution in [0.4, 0.5) is 5.69 Å². The highest BCUT2D eigenvalue weighted by Crippen LogP contribution is 2.17. The van der Waals surface area contributed by atoms with E-state index in [4.69, 9.17) is 11.6 Å². The first-order chi connectivity index (χ1) is 11.1. The number of anilines is 1. The molecule has 1 N–H and O–H groups in total. The highest BCUT2D eigenvalue weighted by atomic mass is 35.5. The second-order valence-electron chi connectivity index (χ2n) is 5.08. The molecule has 0 atom stereocenters. The van der Waals surface area contributed by atoms with Gasteiger partial charge >= 0.3 is 0 Å². The molecule has 1 heterocycles. The second kappa shape index (κ2) is 6.58. The van der Waals surface area contributed by atoms with Gasteiger partial charge in [-0.2, -0.15) is 0 Å². The molecule has 0 bridgehead atoms. The van der Waals surface area contributed by atoms with Gasteiger partial charge in [0.25, 0.3) is 0 Å². The van der Waals surface area contributed by atoms with Crippen LogP contribution in [0.15, 0.2) is 48.5 Å². The largest absolute Gasteiger partial charge is 0.324 e. The van der Waals surface area contributed by atoms with Crippen LogP contribution < -0.4 is 5.32 Å². The van der Waals surface area contributed by atoms with Gasteiger partial charge in [0.15, 0.2) is 5.82 Å². The van der Waals surface area contributed by atoms with E-state index in [0.29, 0.717) is 16.5 Å². The van der Waals surface area contributed by atoms with E-state index in [1.807, 2.05) is 31.2 Å². The molecule has 116 valence electrons. The highest BCUT2D eigenvalue weighted by Gasteiger charge is 2.12. The lowest BCUT2D eigenvalue weighted by Crippen LogP contribution is -2.20. The van der Waals surface area contributed by atoms with Gasteiger partial charge in [-0.25, -0.2) is 4.68 Å². The Morgan fingerprint density at radius 3 is 2.52 bits per heavy atom. The number of hydrogen-bond donors (Lipinski definition) is 1. The molecule has 0 fully saturated rings. The maximum Gasteiger partial charge on any atom is 0.246 e. The Labute approximate surface area is 138 Å². The number of tetrazole rings is 1. The molecule has 0 saturated heterocycles. The van der Waals surface area contributed by atoms with Crippen molar-refractivity contribution in [3.63, 3.8) is 0 Å². The number of nitrogens with zero attached hydrogens (tertiary/aromatic N) is 4. The zero-order chi connectivity index (χ0) is 16.2. The number of hydrogen-bond acceptors (Lipinski definition) is 4. The summed E-state index contributed by atoms with van der Waals surface area (Å²) in [6.07, 6.45) is 0. The van der Waals surface area contributed by atoms with Gasteiger partial charge in [-0.3, -0.25) is 4.79 Å². The summed E-state index contributed by atoms with van der Waals surface area (Å²) >= 11 is 5.82. The molecule has 2 aromatic carbocycles. The molecule has 0 saturated carbocycles. The summed E-state index contributed by atoms with van der Waals surface area (Å²) in [5, 5.41) is 14.9. The van der Waals surface area contributed by atoms with E-state index in [0.717, 1.165) is 11.1 Å². The normalized spacial score (nSPS) is 10.5. The third-order valence-corrected chi connectivity index (χ3v) is 3.51. The van der Waals surface area contributed by atoms with Crippen LogP contribution >= 0.6 is 11.6 Å². The van der Waals surface area contributed by atoms with Crippen molar-refractivity contribution >= 4 is 23.2 Å². The Bertz CT molecular complexity index is 811. The Morgan fingerprint density at radius 1 is 1.13 bits per heavy atom. The molecule has 6 nitrogen and oxygen atoms in total. The maximum absolute atomic E-state index is 12.1. The fraction of sp³-hybridized carbons (Fsp3) is 0.125. The highest BCUT2D eigenvalue weighted by molar-refractivity contribution is 6.30. The third-order valence-electron chi connectivity index (χ3n) is 3.26. The summed E-state index contributed by atoms with van der Waals surface area (Å²) in [5.74, 6) is 0.337. The number of aryl methyl sites for hydroxylation is 1. The molecule has 3 rings (SSSR count). The van der Waals surface area contributed by atoms with Crippen molar-refractivity contribution in [3.05, 3.63) is 59.1 Å². The molecule has 7 heteroatoms. The number of aromatic nitrogens is 4. The van der Waals surface area contributed by atoms with E-state index in [9.17, 15) is 4.79 Å². The molecule has 1 amide bonds. The number of nitrogens with one attached hydrogen (secondary N) is 1. The molecule has 0 aliphatic heterocycles. The van der Waals surface area contributed by atoms with Crippen LogP contribution in [0.3, 0.4) is 0 Å². The number of carbonyl (C=O) groups is 1. The number of amides is 1. The lowest BCUT2D eigenvalue weighted by molar-refractivity contribution is -0.116. The predicted molar refractivity (Wildman–Crippen MR) is 88.1 cm³/mol. The standard InChI is InChI=1S/C16H14ClN5O/c1-11-2-4-12(5-3-11)16-19-20-21-22(16)10-15(23)18-14-8-6-13(17)7-9-14/h2-9H,10H2,1H3,(H,18,23). The minimum atomic E-state index is -0.215. The summed E-state index contributed by atoms with van der Waals surface area (Å²) in [6, 6.07) is 14.7. The summed E-state index contributed by atoms with van der Waals surface area (Å²) in [7, 11) is 0. The number of benzene rings is 2. The van der Waals surface area contributed by atoms with E-state index >= 15 is 0 Å². The van der Waals surface area contributed by atoms with Crippen LogP contribution in [0.25, 0.3) is 11.4 Å². The van der Waals surface area contributed by atoms with Gasteiger partial charge in [0, 0.05) is 16.3 Å². The van der Waals surface area contributed by atoms with Gasteiger partial charge < -0.3 is 5.32 Å². The fourth-order valence-electron chi connectivity index (χ4n) is 2.09. The van der Waals surface area contributed by atoms with E-state index in [2.05, 4.69) is 20.8 Å².